The van der Waals surface area contributed by atoms with E-state index < -0.39 is 0 Å². The topological polar surface area (TPSA) is 121 Å². The smallest absolute Gasteiger partial charge is 0.255 e. The molecule has 170 valence electrons. The van der Waals surface area contributed by atoms with Crippen molar-refractivity contribution in [2.45, 2.75) is 6.42 Å². The molecule has 34 heavy (non-hydrogen) atoms. The van der Waals surface area contributed by atoms with Crippen molar-refractivity contribution in [3.8, 4) is 11.1 Å². The fraction of sp³-hybridized carbons (Fsp3) is 0.154. The summed E-state index contributed by atoms with van der Waals surface area (Å²) in [6.45, 7) is 0.904. The summed E-state index contributed by atoms with van der Waals surface area (Å²) >= 11 is 0. The largest absolute Gasteiger partial charge is 0.384 e. The van der Waals surface area contributed by atoms with Crippen LogP contribution in [0, 0.1) is 5.92 Å². The fourth-order valence-electron chi connectivity index (χ4n) is 4.25. The van der Waals surface area contributed by atoms with Gasteiger partial charge in [0, 0.05) is 53.8 Å². The lowest BCUT2D eigenvalue weighted by Gasteiger charge is -2.17. The molecule has 1 aliphatic heterocycles. The molecule has 1 atom stereocenters. The van der Waals surface area contributed by atoms with Crippen molar-refractivity contribution >= 4 is 34.2 Å². The lowest BCUT2D eigenvalue weighted by atomic mass is 10.1. The number of rotatable bonds is 5. The lowest BCUT2D eigenvalue weighted by Crippen LogP contribution is -2.31. The number of hydrogen-bond acceptors (Lipinski definition) is 5. The molecule has 0 radical (unpaired) electrons. The number of pyridine rings is 2. The quantitative estimate of drug-likeness (QED) is 0.429. The summed E-state index contributed by atoms with van der Waals surface area (Å²) in [6.07, 6.45) is 1.95. The first-order valence-electron chi connectivity index (χ1n) is 11.0. The van der Waals surface area contributed by atoms with E-state index in [1.807, 2.05) is 36.4 Å². The molecular formula is C26H23N5O3. The van der Waals surface area contributed by atoms with Crippen molar-refractivity contribution in [2.24, 2.45) is 5.92 Å². The molecular weight excluding hydrogens is 430 g/mol. The van der Waals surface area contributed by atoms with Gasteiger partial charge in [-0.3, -0.25) is 14.4 Å². The molecule has 5 rings (SSSR count). The Morgan fingerprint density at radius 3 is 2.68 bits per heavy atom. The van der Waals surface area contributed by atoms with Crippen LogP contribution in [0.3, 0.4) is 0 Å². The number of carbonyl (C=O) groups excluding carboxylic acids is 2. The first kappa shape index (κ1) is 21.4. The Bertz CT molecular complexity index is 1450. The molecule has 8 heteroatoms. The zero-order chi connectivity index (χ0) is 23.7. The van der Waals surface area contributed by atoms with E-state index in [1.165, 1.54) is 0 Å². The summed E-state index contributed by atoms with van der Waals surface area (Å²) in [5.41, 5.74) is 8.88. The number of hydrogen-bond donors (Lipinski definition) is 3. The normalized spacial score (nSPS) is 15.6. The molecule has 1 aliphatic rings. The summed E-state index contributed by atoms with van der Waals surface area (Å²) < 4.78 is 0. The van der Waals surface area contributed by atoms with E-state index >= 15 is 0 Å². The standard InChI is InChI=1S/C26H23N5O3/c27-23-10-7-18-3-4-19(13-22(18)30-23)25(33)29-14-16-12-24(32)31(15-16)20-8-5-17(6-9-20)21-2-1-11-28-26(21)34/h1-11,13,16H,12,14-15H2,(H2,27,30)(H,28,34)(H,29,33). The van der Waals surface area contributed by atoms with Crippen LogP contribution in [-0.2, 0) is 4.79 Å². The number of nitrogens with one attached hydrogen (secondary N) is 2. The predicted octanol–water partition coefficient (Wildman–Crippen LogP) is 2.96. The Kier molecular flexibility index (Phi) is 5.55. The molecule has 3 heterocycles. The lowest BCUT2D eigenvalue weighted by molar-refractivity contribution is -0.117. The molecule has 0 aliphatic carbocycles. The molecule has 1 fully saturated rings. The number of anilines is 2. The van der Waals surface area contributed by atoms with Gasteiger partial charge < -0.3 is 20.9 Å². The zero-order valence-corrected chi connectivity index (χ0v) is 18.3. The van der Waals surface area contributed by atoms with Crippen LogP contribution < -0.4 is 21.5 Å². The Labute approximate surface area is 195 Å². The summed E-state index contributed by atoms with van der Waals surface area (Å²) in [6, 6.07) is 19.8. The van der Waals surface area contributed by atoms with E-state index in [2.05, 4.69) is 15.3 Å². The Balaban J connectivity index is 1.23. The predicted molar refractivity (Wildman–Crippen MR) is 131 cm³/mol. The van der Waals surface area contributed by atoms with Crippen LogP contribution >= 0.6 is 0 Å². The highest BCUT2D eigenvalue weighted by Crippen LogP contribution is 2.27. The van der Waals surface area contributed by atoms with Gasteiger partial charge in [0.15, 0.2) is 0 Å². The molecule has 2 aromatic heterocycles. The number of aromatic amines is 1. The van der Waals surface area contributed by atoms with Gasteiger partial charge in [0.2, 0.25) is 5.91 Å². The van der Waals surface area contributed by atoms with E-state index in [0.29, 0.717) is 42.0 Å². The highest BCUT2D eigenvalue weighted by atomic mass is 16.2. The number of nitrogens with two attached hydrogens (primary N) is 1. The average molecular weight is 454 g/mol. The molecule has 4 N–H and O–H groups in total. The number of benzene rings is 2. The van der Waals surface area contributed by atoms with Gasteiger partial charge in [-0.25, -0.2) is 4.98 Å². The first-order valence-corrected chi connectivity index (χ1v) is 11.0. The second-order valence-electron chi connectivity index (χ2n) is 8.39. The van der Waals surface area contributed by atoms with E-state index in [1.54, 1.807) is 41.4 Å². The van der Waals surface area contributed by atoms with Gasteiger partial charge >= 0.3 is 0 Å². The first-order chi connectivity index (χ1) is 16.5. The van der Waals surface area contributed by atoms with Gasteiger partial charge in [-0.05, 0) is 54.1 Å². The molecule has 1 unspecified atom stereocenters. The fourth-order valence-corrected chi connectivity index (χ4v) is 4.25. The Morgan fingerprint density at radius 2 is 1.88 bits per heavy atom. The highest BCUT2D eigenvalue weighted by molar-refractivity contribution is 5.98. The molecule has 1 saturated heterocycles. The van der Waals surface area contributed by atoms with Crippen LogP contribution in [0.5, 0.6) is 0 Å². The molecule has 0 saturated carbocycles. The maximum absolute atomic E-state index is 12.7. The van der Waals surface area contributed by atoms with Gasteiger partial charge in [0.1, 0.15) is 5.82 Å². The van der Waals surface area contributed by atoms with Crippen molar-refractivity contribution in [1.82, 2.24) is 15.3 Å². The third-order valence-corrected chi connectivity index (χ3v) is 6.04. The minimum Gasteiger partial charge on any atom is -0.384 e. The van der Waals surface area contributed by atoms with Crippen LogP contribution in [0.4, 0.5) is 11.5 Å². The number of nitrogens with zero attached hydrogens (tertiary/aromatic N) is 2. The summed E-state index contributed by atoms with van der Waals surface area (Å²) in [5, 5.41) is 3.84. The van der Waals surface area contributed by atoms with Gasteiger partial charge in [0.05, 0.1) is 5.52 Å². The van der Waals surface area contributed by atoms with Crippen LogP contribution in [0.2, 0.25) is 0 Å². The molecule has 2 amide bonds. The molecule has 0 bridgehead atoms. The van der Waals surface area contributed by atoms with E-state index in [0.717, 1.165) is 16.6 Å². The number of nitrogen functional groups attached to an aromatic ring is 1. The van der Waals surface area contributed by atoms with Crippen LogP contribution in [0.15, 0.2) is 77.7 Å². The molecule has 4 aromatic rings. The number of aromatic nitrogens is 2. The van der Waals surface area contributed by atoms with Crippen LogP contribution in [0.1, 0.15) is 16.8 Å². The monoisotopic (exact) mass is 453 g/mol. The van der Waals surface area contributed by atoms with Crippen molar-refractivity contribution in [3.63, 3.8) is 0 Å². The number of amides is 2. The van der Waals surface area contributed by atoms with Gasteiger partial charge in [-0.2, -0.15) is 0 Å². The minimum atomic E-state index is -0.213. The van der Waals surface area contributed by atoms with Crippen molar-refractivity contribution in [2.75, 3.05) is 23.7 Å². The zero-order valence-electron chi connectivity index (χ0n) is 18.3. The maximum Gasteiger partial charge on any atom is 0.255 e. The molecule has 0 spiro atoms. The van der Waals surface area contributed by atoms with Gasteiger partial charge in [-0.15, -0.1) is 0 Å². The third kappa shape index (κ3) is 4.25. The SMILES string of the molecule is Nc1ccc2ccc(C(=O)NCC3CC(=O)N(c4ccc(-c5ccc[nH]c5=O)cc4)C3)cc2n1. The summed E-state index contributed by atoms with van der Waals surface area (Å²) in [4.78, 5) is 45.9. The van der Waals surface area contributed by atoms with Crippen molar-refractivity contribution in [3.05, 3.63) is 88.8 Å². The minimum absolute atomic E-state index is 0.00215. The Hall–Kier alpha value is -4.46. The van der Waals surface area contributed by atoms with Gasteiger partial charge in [-0.1, -0.05) is 18.2 Å². The maximum atomic E-state index is 12.7. The summed E-state index contributed by atoms with van der Waals surface area (Å²) in [5.74, 6) is 0.199. The van der Waals surface area contributed by atoms with E-state index in [4.69, 9.17) is 5.73 Å². The number of H-pyrrole nitrogens is 1. The van der Waals surface area contributed by atoms with Crippen LogP contribution in [0.25, 0.3) is 22.0 Å². The van der Waals surface area contributed by atoms with Crippen molar-refractivity contribution < 1.29 is 9.59 Å². The third-order valence-electron chi connectivity index (χ3n) is 6.04. The number of fused-ring (bicyclic) bond motifs is 1. The van der Waals surface area contributed by atoms with Crippen molar-refractivity contribution in [1.29, 1.82) is 0 Å². The second kappa shape index (κ2) is 8.82. The van der Waals surface area contributed by atoms with Crippen LogP contribution in [-0.4, -0.2) is 34.9 Å². The Morgan fingerprint density at radius 1 is 1.09 bits per heavy atom. The highest BCUT2D eigenvalue weighted by Gasteiger charge is 2.30. The van der Waals surface area contributed by atoms with Gasteiger partial charge in [0.25, 0.3) is 11.5 Å². The average Bonchev–Trinajstić information content (AvgIpc) is 3.23. The van der Waals surface area contributed by atoms with E-state index in [9.17, 15) is 14.4 Å². The molecule has 8 nitrogen and oxygen atoms in total. The second-order valence-corrected chi connectivity index (χ2v) is 8.39. The number of carbonyl (C=O) groups is 2. The molecule has 2 aromatic carbocycles. The van der Waals surface area contributed by atoms with E-state index in [-0.39, 0.29) is 23.3 Å². The summed E-state index contributed by atoms with van der Waals surface area (Å²) in [7, 11) is 0.